The number of carbonyl (C=O) groups excluding carboxylic acids is 1. The Hall–Kier alpha value is -2.18. The summed E-state index contributed by atoms with van der Waals surface area (Å²) < 4.78 is 5.94. The van der Waals surface area contributed by atoms with Gasteiger partial charge in [-0.15, -0.1) is 0 Å². The van der Waals surface area contributed by atoms with Crippen molar-refractivity contribution in [2.75, 3.05) is 39.8 Å². The number of oxazole rings is 1. The second kappa shape index (κ2) is 7.21. The van der Waals surface area contributed by atoms with Crippen LogP contribution >= 0.6 is 0 Å². The molecule has 1 aromatic carbocycles. The molecule has 1 amide bonds. The first-order chi connectivity index (χ1) is 12.6. The van der Waals surface area contributed by atoms with Crippen molar-refractivity contribution in [3.8, 4) is 11.5 Å². The smallest absolute Gasteiger partial charge is 0.240 e. The first-order valence-electron chi connectivity index (χ1n) is 9.37. The summed E-state index contributed by atoms with van der Waals surface area (Å²) >= 11 is 0. The lowest BCUT2D eigenvalue weighted by atomic mass is 10.1. The van der Waals surface area contributed by atoms with Crippen LogP contribution in [0.3, 0.4) is 0 Å². The molecule has 6 heteroatoms. The van der Waals surface area contributed by atoms with E-state index in [1.54, 1.807) is 0 Å². The maximum Gasteiger partial charge on any atom is 0.240 e. The van der Waals surface area contributed by atoms with E-state index in [2.05, 4.69) is 21.8 Å². The number of piperazine rings is 1. The number of rotatable bonds is 3. The molecule has 0 spiro atoms. The van der Waals surface area contributed by atoms with Gasteiger partial charge in [-0.25, -0.2) is 4.98 Å². The lowest BCUT2D eigenvalue weighted by Crippen LogP contribution is -2.54. The minimum atomic E-state index is -0.0780. The Morgan fingerprint density at radius 2 is 1.85 bits per heavy atom. The lowest BCUT2D eigenvalue weighted by Gasteiger charge is -2.38. The third-order valence-electron chi connectivity index (χ3n) is 5.50. The molecule has 0 saturated carbocycles. The van der Waals surface area contributed by atoms with E-state index >= 15 is 0 Å². The van der Waals surface area contributed by atoms with Crippen molar-refractivity contribution < 1.29 is 9.21 Å². The summed E-state index contributed by atoms with van der Waals surface area (Å²) in [5.41, 5.74) is 1.87. The van der Waals surface area contributed by atoms with Gasteiger partial charge < -0.3 is 14.2 Å². The maximum absolute atomic E-state index is 13.0. The van der Waals surface area contributed by atoms with E-state index in [4.69, 9.17) is 4.42 Å². The molecule has 0 bridgehead atoms. The summed E-state index contributed by atoms with van der Waals surface area (Å²) in [5, 5.41) is 0. The van der Waals surface area contributed by atoms with Crippen LogP contribution in [0.5, 0.6) is 0 Å². The van der Waals surface area contributed by atoms with Gasteiger partial charge in [0, 0.05) is 44.7 Å². The highest BCUT2D eigenvalue weighted by Crippen LogP contribution is 2.26. The average molecular weight is 354 g/mol. The number of amides is 1. The van der Waals surface area contributed by atoms with Gasteiger partial charge in [0.05, 0.1) is 12.6 Å². The van der Waals surface area contributed by atoms with E-state index in [0.717, 1.165) is 49.6 Å². The van der Waals surface area contributed by atoms with Crippen LogP contribution in [0, 0.1) is 0 Å². The van der Waals surface area contributed by atoms with Gasteiger partial charge in [-0.3, -0.25) is 9.69 Å². The van der Waals surface area contributed by atoms with E-state index in [9.17, 15) is 4.79 Å². The third kappa shape index (κ3) is 3.39. The van der Waals surface area contributed by atoms with Gasteiger partial charge in [0.15, 0.2) is 0 Å². The minimum absolute atomic E-state index is 0.0780. The number of likely N-dealkylation sites (N-methyl/N-ethyl adjacent to an activating group) is 1. The Labute approximate surface area is 154 Å². The molecule has 0 radical (unpaired) electrons. The second-order valence-electron chi connectivity index (χ2n) is 7.28. The van der Waals surface area contributed by atoms with Crippen LogP contribution in [0.25, 0.3) is 11.5 Å². The van der Waals surface area contributed by atoms with Crippen molar-refractivity contribution in [2.24, 2.45) is 0 Å². The molecular weight excluding hydrogens is 328 g/mol. The quantitative estimate of drug-likeness (QED) is 0.842. The molecule has 1 aromatic heterocycles. The Morgan fingerprint density at radius 3 is 2.58 bits per heavy atom. The van der Waals surface area contributed by atoms with Gasteiger partial charge in [-0.2, -0.15) is 0 Å². The fraction of sp³-hybridized carbons (Fsp3) is 0.500. The third-order valence-corrected chi connectivity index (χ3v) is 5.50. The van der Waals surface area contributed by atoms with Crippen LogP contribution in [0.15, 0.2) is 34.7 Å². The summed E-state index contributed by atoms with van der Waals surface area (Å²) in [5.74, 6) is 1.77. The molecule has 1 fully saturated rings. The first-order valence-corrected chi connectivity index (χ1v) is 9.37. The second-order valence-corrected chi connectivity index (χ2v) is 7.28. The van der Waals surface area contributed by atoms with Crippen molar-refractivity contribution >= 4 is 5.91 Å². The molecule has 0 N–H and O–H groups in total. The van der Waals surface area contributed by atoms with Crippen LogP contribution in [0.4, 0.5) is 0 Å². The molecule has 4 rings (SSSR count). The van der Waals surface area contributed by atoms with Crippen LogP contribution in [-0.2, 0) is 17.8 Å². The molecule has 3 heterocycles. The van der Waals surface area contributed by atoms with Crippen molar-refractivity contribution in [3.05, 3.63) is 41.8 Å². The van der Waals surface area contributed by atoms with Crippen LogP contribution in [0.2, 0.25) is 0 Å². The first kappa shape index (κ1) is 17.2. The number of fused-ring (bicyclic) bond motifs is 1. The molecule has 2 aliphatic heterocycles. The lowest BCUT2D eigenvalue weighted by molar-refractivity contribution is -0.138. The molecule has 2 aliphatic rings. The molecule has 138 valence electrons. The van der Waals surface area contributed by atoms with Crippen molar-refractivity contribution in [3.63, 3.8) is 0 Å². The van der Waals surface area contributed by atoms with Gasteiger partial charge in [0.1, 0.15) is 11.5 Å². The number of hydrogen-bond donors (Lipinski definition) is 0. The molecule has 6 nitrogen and oxygen atoms in total. The summed E-state index contributed by atoms with van der Waals surface area (Å²) in [7, 11) is 2.13. The normalized spacial score (nSPS) is 20.0. The highest BCUT2D eigenvalue weighted by Gasteiger charge is 2.31. The van der Waals surface area contributed by atoms with Gasteiger partial charge in [-0.1, -0.05) is 18.2 Å². The summed E-state index contributed by atoms with van der Waals surface area (Å²) in [6, 6.07) is 9.85. The van der Waals surface area contributed by atoms with Gasteiger partial charge >= 0.3 is 0 Å². The Morgan fingerprint density at radius 1 is 1.12 bits per heavy atom. The van der Waals surface area contributed by atoms with E-state index in [1.807, 2.05) is 42.2 Å². The summed E-state index contributed by atoms with van der Waals surface area (Å²) in [4.78, 5) is 24.2. The highest BCUT2D eigenvalue weighted by molar-refractivity contribution is 5.81. The number of nitrogens with zero attached hydrogens (tertiary/aromatic N) is 4. The highest BCUT2D eigenvalue weighted by atomic mass is 16.4. The minimum Gasteiger partial charge on any atom is -0.441 e. The summed E-state index contributed by atoms with van der Waals surface area (Å²) in [6.45, 7) is 7.21. The van der Waals surface area contributed by atoms with E-state index in [1.165, 1.54) is 0 Å². The van der Waals surface area contributed by atoms with Crippen LogP contribution in [-0.4, -0.2) is 71.4 Å². The molecular formula is C20H26N4O2. The molecule has 1 unspecified atom stereocenters. The summed E-state index contributed by atoms with van der Waals surface area (Å²) in [6.07, 6.45) is 0.733. The Bertz CT molecular complexity index is 765. The molecule has 0 aliphatic carbocycles. The topological polar surface area (TPSA) is 52.8 Å². The maximum atomic E-state index is 13.0. The molecule has 1 atom stereocenters. The van der Waals surface area contributed by atoms with E-state index in [0.29, 0.717) is 19.0 Å². The average Bonchev–Trinajstić information content (AvgIpc) is 3.11. The predicted octanol–water partition coefficient (Wildman–Crippen LogP) is 1.86. The van der Waals surface area contributed by atoms with Crippen molar-refractivity contribution in [1.82, 2.24) is 19.7 Å². The van der Waals surface area contributed by atoms with Crippen LogP contribution < -0.4 is 0 Å². The predicted molar refractivity (Wildman–Crippen MR) is 99.6 cm³/mol. The van der Waals surface area contributed by atoms with E-state index in [-0.39, 0.29) is 11.9 Å². The van der Waals surface area contributed by atoms with E-state index < -0.39 is 0 Å². The number of carbonyl (C=O) groups is 1. The van der Waals surface area contributed by atoms with Crippen molar-refractivity contribution in [1.29, 1.82) is 0 Å². The fourth-order valence-corrected chi connectivity index (χ4v) is 3.72. The fourth-order valence-electron chi connectivity index (χ4n) is 3.72. The standard InChI is InChI=1S/C20H26N4O2/c1-15(23-12-10-22(2)11-13-23)20(25)24-9-8-18-17(14-24)21-19(26-18)16-6-4-3-5-7-16/h3-7,15H,8-14H2,1-2H3. The van der Waals surface area contributed by atoms with Crippen LogP contribution in [0.1, 0.15) is 18.4 Å². The largest absolute Gasteiger partial charge is 0.441 e. The monoisotopic (exact) mass is 354 g/mol. The zero-order valence-corrected chi connectivity index (χ0v) is 15.5. The molecule has 26 heavy (non-hydrogen) atoms. The Balaban J connectivity index is 1.44. The number of benzene rings is 1. The number of hydrogen-bond acceptors (Lipinski definition) is 5. The van der Waals surface area contributed by atoms with Gasteiger partial charge in [-0.05, 0) is 26.1 Å². The van der Waals surface area contributed by atoms with Crippen molar-refractivity contribution in [2.45, 2.75) is 25.9 Å². The van der Waals surface area contributed by atoms with Gasteiger partial charge in [0.2, 0.25) is 11.8 Å². The molecule has 1 saturated heterocycles. The molecule has 2 aromatic rings. The SMILES string of the molecule is CC(C(=O)N1CCc2oc(-c3ccccc3)nc2C1)N1CCN(C)CC1. The van der Waals surface area contributed by atoms with Gasteiger partial charge in [0.25, 0.3) is 0 Å². The Kier molecular flexibility index (Phi) is 4.78. The number of aromatic nitrogens is 1. The zero-order valence-electron chi connectivity index (χ0n) is 15.5. The zero-order chi connectivity index (χ0) is 18.1.